The molecule has 10 N–H and O–H groups in total. The van der Waals surface area contributed by atoms with E-state index >= 15 is 0 Å². The largest absolute Gasteiger partial charge is 0.481 e. The van der Waals surface area contributed by atoms with Crippen molar-refractivity contribution < 1.29 is 39.0 Å². The third-order valence-corrected chi connectivity index (χ3v) is 5.52. The average molecular weight is 519 g/mol. The first-order valence-electron chi connectivity index (χ1n) is 11.3. The number of nitrogens with one attached hydrogen (secondary N) is 4. The minimum absolute atomic E-state index is 0.0491. The summed E-state index contributed by atoms with van der Waals surface area (Å²) < 4.78 is 0. The van der Waals surface area contributed by atoms with Gasteiger partial charge in [0.05, 0.1) is 12.5 Å². The molecule has 2 aromatic rings. The van der Waals surface area contributed by atoms with Crippen LogP contribution < -0.4 is 27.4 Å². The maximum atomic E-state index is 12.8. The number of nitrogens with two attached hydrogens (primary N) is 2. The van der Waals surface area contributed by atoms with Crippen LogP contribution in [0.3, 0.4) is 0 Å². The van der Waals surface area contributed by atoms with Gasteiger partial charge in [0.15, 0.2) is 0 Å². The number of carboxylic acid groups (broad SMARTS) is 2. The van der Waals surface area contributed by atoms with E-state index in [1.54, 1.807) is 30.5 Å². The SMILES string of the molecule is CC(NC(=O)C(N)CCC(N)=O)C(=O)NC(CC(=O)O)C(=O)NC(Cc1c[nH]c2ccccc12)C(=O)O. The number of carbonyl (C=O) groups excluding carboxylic acids is 4. The Morgan fingerprint density at radius 3 is 2.22 bits per heavy atom. The van der Waals surface area contributed by atoms with Crippen LogP contribution in [0.4, 0.5) is 0 Å². The fourth-order valence-corrected chi connectivity index (χ4v) is 3.49. The first-order valence-corrected chi connectivity index (χ1v) is 11.3. The van der Waals surface area contributed by atoms with E-state index in [0.717, 1.165) is 10.9 Å². The van der Waals surface area contributed by atoms with Crippen molar-refractivity contribution in [3.05, 3.63) is 36.0 Å². The normalized spacial score (nSPS) is 14.1. The van der Waals surface area contributed by atoms with Crippen LogP contribution in [0.5, 0.6) is 0 Å². The molecule has 14 nitrogen and oxygen atoms in total. The fourth-order valence-electron chi connectivity index (χ4n) is 3.49. The molecule has 0 saturated heterocycles. The average Bonchev–Trinajstić information content (AvgIpc) is 3.23. The highest BCUT2D eigenvalue weighted by atomic mass is 16.4. The number of aromatic amines is 1. The van der Waals surface area contributed by atoms with Crippen molar-refractivity contribution in [3.63, 3.8) is 0 Å². The number of benzene rings is 1. The number of aliphatic carboxylic acids is 2. The topological polar surface area (TPSA) is 247 Å². The van der Waals surface area contributed by atoms with Gasteiger partial charge in [-0.2, -0.15) is 0 Å². The molecule has 14 heteroatoms. The Hall–Kier alpha value is -4.46. The van der Waals surface area contributed by atoms with Crippen molar-refractivity contribution in [2.45, 2.75) is 56.8 Å². The van der Waals surface area contributed by atoms with E-state index in [4.69, 9.17) is 11.5 Å². The van der Waals surface area contributed by atoms with Crippen LogP contribution in [0, 0.1) is 0 Å². The number of fused-ring (bicyclic) bond motifs is 1. The smallest absolute Gasteiger partial charge is 0.326 e. The maximum Gasteiger partial charge on any atom is 0.326 e. The van der Waals surface area contributed by atoms with Crippen LogP contribution in [0.1, 0.15) is 31.7 Å². The van der Waals surface area contributed by atoms with E-state index in [1.165, 1.54) is 6.92 Å². The van der Waals surface area contributed by atoms with Crippen molar-refractivity contribution >= 4 is 46.5 Å². The molecule has 0 bridgehead atoms. The van der Waals surface area contributed by atoms with Gasteiger partial charge in [-0.25, -0.2) is 4.79 Å². The molecular formula is C23H30N6O8. The lowest BCUT2D eigenvalue weighted by Crippen LogP contribution is -2.57. The highest BCUT2D eigenvalue weighted by Crippen LogP contribution is 2.19. The van der Waals surface area contributed by atoms with Crippen LogP contribution in [-0.2, 0) is 35.2 Å². The van der Waals surface area contributed by atoms with E-state index < -0.39 is 66.2 Å². The second-order valence-electron chi connectivity index (χ2n) is 8.46. The predicted molar refractivity (Wildman–Crippen MR) is 130 cm³/mol. The quantitative estimate of drug-likeness (QED) is 0.142. The number of aromatic nitrogens is 1. The standard InChI is InChI=1S/C23H30N6O8/c1-11(27-21(34)14(24)6-7-18(25)30)20(33)28-16(9-19(31)32)22(35)29-17(23(36)37)8-12-10-26-15-5-3-2-4-13(12)15/h2-5,10-11,14,16-17,26H,6-9,24H2,1H3,(H2,25,30)(H,27,34)(H,28,33)(H,29,35)(H,31,32)(H,36,37). The van der Waals surface area contributed by atoms with Gasteiger partial charge in [-0.1, -0.05) is 18.2 Å². The first kappa shape index (κ1) is 28.8. The molecule has 4 unspecified atom stereocenters. The summed E-state index contributed by atoms with van der Waals surface area (Å²) in [6, 6.07) is 1.77. The van der Waals surface area contributed by atoms with E-state index in [1.807, 2.05) is 0 Å². The highest BCUT2D eigenvalue weighted by Gasteiger charge is 2.30. The number of hydrogen-bond acceptors (Lipinski definition) is 7. The summed E-state index contributed by atoms with van der Waals surface area (Å²) in [7, 11) is 0. The Bertz CT molecular complexity index is 1180. The number of amides is 4. The molecule has 0 spiro atoms. The number of H-pyrrole nitrogens is 1. The van der Waals surface area contributed by atoms with Gasteiger partial charge in [0.1, 0.15) is 18.1 Å². The molecule has 1 aromatic carbocycles. The Kier molecular flexibility index (Phi) is 10.1. The summed E-state index contributed by atoms with van der Waals surface area (Å²) in [4.78, 5) is 74.5. The Morgan fingerprint density at radius 1 is 0.946 bits per heavy atom. The zero-order chi connectivity index (χ0) is 27.7. The van der Waals surface area contributed by atoms with E-state index in [-0.39, 0.29) is 19.3 Å². The van der Waals surface area contributed by atoms with Gasteiger partial charge in [-0.3, -0.25) is 24.0 Å². The van der Waals surface area contributed by atoms with Crippen molar-refractivity contribution in [1.29, 1.82) is 0 Å². The van der Waals surface area contributed by atoms with Crippen molar-refractivity contribution in [1.82, 2.24) is 20.9 Å². The van der Waals surface area contributed by atoms with Gasteiger partial charge in [0.2, 0.25) is 23.6 Å². The van der Waals surface area contributed by atoms with Crippen LogP contribution >= 0.6 is 0 Å². The predicted octanol–water partition coefficient (Wildman–Crippen LogP) is -1.66. The molecule has 4 atom stereocenters. The first-order chi connectivity index (χ1) is 17.4. The fraction of sp³-hybridized carbons (Fsp3) is 0.391. The van der Waals surface area contributed by atoms with Crippen molar-refractivity contribution in [3.8, 4) is 0 Å². The van der Waals surface area contributed by atoms with Crippen LogP contribution in [0.25, 0.3) is 10.9 Å². The Morgan fingerprint density at radius 2 is 1.59 bits per heavy atom. The summed E-state index contributed by atoms with van der Waals surface area (Å²) >= 11 is 0. The molecule has 0 saturated carbocycles. The van der Waals surface area contributed by atoms with Gasteiger partial charge in [0, 0.05) is 29.9 Å². The van der Waals surface area contributed by atoms with Gasteiger partial charge < -0.3 is 42.6 Å². The van der Waals surface area contributed by atoms with Crippen LogP contribution in [0.15, 0.2) is 30.5 Å². The third-order valence-electron chi connectivity index (χ3n) is 5.52. The van der Waals surface area contributed by atoms with E-state index in [9.17, 15) is 39.0 Å². The molecule has 0 aliphatic carbocycles. The number of rotatable bonds is 14. The lowest BCUT2D eigenvalue weighted by molar-refractivity contribution is -0.143. The summed E-state index contributed by atoms with van der Waals surface area (Å²) in [6.07, 6.45) is 0.484. The molecule has 1 heterocycles. The molecule has 0 fully saturated rings. The van der Waals surface area contributed by atoms with E-state index in [2.05, 4.69) is 20.9 Å². The lowest BCUT2D eigenvalue weighted by atomic mass is 10.0. The third kappa shape index (κ3) is 8.61. The molecule has 2 rings (SSSR count). The Balaban J connectivity index is 2.06. The van der Waals surface area contributed by atoms with Gasteiger partial charge in [-0.15, -0.1) is 0 Å². The summed E-state index contributed by atoms with van der Waals surface area (Å²) in [6.45, 7) is 1.28. The summed E-state index contributed by atoms with van der Waals surface area (Å²) in [5, 5.41) is 26.4. The van der Waals surface area contributed by atoms with Gasteiger partial charge in [0.25, 0.3) is 0 Å². The zero-order valence-corrected chi connectivity index (χ0v) is 20.0. The molecule has 4 amide bonds. The molecule has 0 radical (unpaired) electrons. The molecule has 0 aliphatic heterocycles. The van der Waals surface area contributed by atoms with Crippen LogP contribution in [-0.4, -0.2) is 74.9 Å². The molecule has 37 heavy (non-hydrogen) atoms. The maximum absolute atomic E-state index is 12.8. The van der Waals surface area contributed by atoms with Gasteiger partial charge in [-0.05, 0) is 25.0 Å². The Labute approximate surface area is 211 Å². The second kappa shape index (κ2) is 13.0. The van der Waals surface area contributed by atoms with Crippen molar-refractivity contribution in [2.75, 3.05) is 0 Å². The highest BCUT2D eigenvalue weighted by molar-refractivity contribution is 5.95. The molecule has 200 valence electrons. The molecular weight excluding hydrogens is 488 g/mol. The number of carbonyl (C=O) groups is 6. The van der Waals surface area contributed by atoms with Crippen LogP contribution in [0.2, 0.25) is 0 Å². The van der Waals surface area contributed by atoms with Gasteiger partial charge >= 0.3 is 11.9 Å². The summed E-state index contributed by atoms with van der Waals surface area (Å²) in [5.41, 5.74) is 12.1. The molecule has 0 aliphatic rings. The molecule has 1 aromatic heterocycles. The minimum atomic E-state index is -1.63. The van der Waals surface area contributed by atoms with E-state index in [0.29, 0.717) is 5.56 Å². The van der Waals surface area contributed by atoms with Crippen molar-refractivity contribution in [2.24, 2.45) is 11.5 Å². The number of carboxylic acids is 2. The monoisotopic (exact) mass is 518 g/mol. The number of hydrogen-bond donors (Lipinski definition) is 8. The second-order valence-corrected chi connectivity index (χ2v) is 8.46. The number of primary amides is 1. The number of para-hydroxylation sites is 1. The minimum Gasteiger partial charge on any atom is -0.481 e. The summed E-state index contributed by atoms with van der Waals surface area (Å²) in [5.74, 6) is -6.12. The zero-order valence-electron chi connectivity index (χ0n) is 20.0. The lowest BCUT2D eigenvalue weighted by Gasteiger charge is -2.23.